The average molecular weight is 395 g/mol. The zero-order chi connectivity index (χ0) is 21.0. The SMILES string of the molecule is Cc1nc(CN(C)C(=O)Cc2ccccc2)nc2c1CCC(=O)N2CCC(C)C. The van der Waals surface area contributed by atoms with Crippen molar-refractivity contribution in [1.82, 2.24) is 14.9 Å². The first kappa shape index (κ1) is 21.0. The third-order valence-electron chi connectivity index (χ3n) is 5.32. The average Bonchev–Trinajstić information content (AvgIpc) is 2.67. The fourth-order valence-corrected chi connectivity index (χ4v) is 3.53. The Bertz CT molecular complexity index is 880. The molecule has 1 aliphatic heterocycles. The van der Waals surface area contributed by atoms with Gasteiger partial charge in [0, 0.05) is 31.3 Å². The number of likely N-dealkylation sites (N-methyl/N-ethyl adjacent to an activating group) is 1. The lowest BCUT2D eigenvalue weighted by Crippen LogP contribution is -2.38. The molecule has 0 aliphatic carbocycles. The largest absolute Gasteiger partial charge is 0.338 e. The highest BCUT2D eigenvalue weighted by atomic mass is 16.2. The number of carbonyl (C=O) groups is 2. The van der Waals surface area contributed by atoms with Crippen LogP contribution in [0.3, 0.4) is 0 Å². The van der Waals surface area contributed by atoms with Gasteiger partial charge in [-0.1, -0.05) is 44.2 Å². The molecule has 2 amide bonds. The van der Waals surface area contributed by atoms with Crippen LogP contribution < -0.4 is 4.90 Å². The number of amides is 2. The van der Waals surface area contributed by atoms with Gasteiger partial charge in [0.25, 0.3) is 0 Å². The third kappa shape index (κ3) is 5.19. The Morgan fingerprint density at radius 2 is 1.90 bits per heavy atom. The predicted octanol–water partition coefficient (Wildman–Crippen LogP) is 3.31. The summed E-state index contributed by atoms with van der Waals surface area (Å²) < 4.78 is 0. The zero-order valence-corrected chi connectivity index (χ0v) is 17.8. The van der Waals surface area contributed by atoms with Crippen LogP contribution in [0.25, 0.3) is 0 Å². The molecule has 6 nitrogen and oxygen atoms in total. The fraction of sp³-hybridized carbons (Fsp3) is 0.478. The number of carbonyl (C=O) groups excluding carboxylic acids is 2. The molecule has 0 radical (unpaired) electrons. The maximum absolute atomic E-state index is 12.6. The lowest BCUT2D eigenvalue weighted by atomic mass is 10.0. The Morgan fingerprint density at radius 3 is 2.59 bits per heavy atom. The van der Waals surface area contributed by atoms with Crippen LogP contribution in [0, 0.1) is 12.8 Å². The molecule has 6 heteroatoms. The molecule has 2 heterocycles. The first-order chi connectivity index (χ1) is 13.8. The lowest BCUT2D eigenvalue weighted by molar-refractivity contribution is -0.129. The van der Waals surface area contributed by atoms with Gasteiger partial charge in [-0.25, -0.2) is 9.97 Å². The zero-order valence-electron chi connectivity index (χ0n) is 17.8. The van der Waals surface area contributed by atoms with E-state index in [9.17, 15) is 9.59 Å². The van der Waals surface area contributed by atoms with Crippen LogP contribution in [0.1, 0.15) is 49.3 Å². The van der Waals surface area contributed by atoms with Gasteiger partial charge in [-0.3, -0.25) is 14.5 Å². The van der Waals surface area contributed by atoms with Crippen LogP contribution in [-0.4, -0.2) is 40.3 Å². The summed E-state index contributed by atoms with van der Waals surface area (Å²) in [6.45, 7) is 7.26. The Labute approximate surface area is 173 Å². The molecular weight excluding hydrogens is 364 g/mol. The summed E-state index contributed by atoms with van der Waals surface area (Å²) in [5.41, 5.74) is 2.93. The van der Waals surface area contributed by atoms with Gasteiger partial charge in [0.1, 0.15) is 11.6 Å². The molecule has 0 saturated carbocycles. The summed E-state index contributed by atoms with van der Waals surface area (Å²) in [6, 6.07) is 9.70. The van der Waals surface area contributed by atoms with Gasteiger partial charge in [-0.05, 0) is 31.2 Å². The molecular formula is C23H30N4O2. The van der Waals surface area contributed by atoms with Gasteiger partial charge in [-0.15, -0.1) is 0 Å². The molecule has 1 aromatic heterocycles. The van der Waals surface area contributed by atoms with Gasteiger partial charge in [0.05, 0.1) is 13.0 Å². The van der Waals surface area contributed by atoms with Crippen LogP contribution in [0.2, 0.25) is 0 Å². The van der Waals surface area contributed by atoms with Gasteiger partial charge in [-0.2, -0.15) is 0 Å². The highest BCUT2D eigenvalue weighted by Crippen LogP contribution is 2.28. The van der Waals surface area contributed by atoms with Crippen molar-refractivity contribution in [3.05, 3.63) is 53.0 Å². The van der Waals surface area contributed by atoms with Crippen molar-refractivity contribution in [3.63, 3.8) is 0 Å². The van der Waals surface area contributed by atoms with E-state index in [1.165, 1.54) is 0 Å². The second-order valence-electron chi connectivity index (χ2n) is 8.17. The summed E-state index contributed by atoms with van der Waals surface area (Å²) in [5, 5.41) is 0. The van der Waals surface area contributed by atoms with Gasteiger partial charge < -0.3 is 4.90 Å². The van der Waals surface area contributed by atoms with Gasteiger partial charge in [0.2, 0.25) is 11.8 Å². The summed E-state index contributed by atoms with van der Waals surface area (Å²) in [4.78, 5) is 37.9. The minimum absolute atomic E-state index is 0.0166. The first-order valence-corrected chi connectivity index (χ1v) is 10.3. The highest BCUT2D eigenvalue weighted by Gasteiger charge is 2.28. The molecule has 0 unspecified atom stereocenters. The van der Waals surface area contributed by atoms with Crippen molar-refractivity contribution in [2.75, 3.05) is 18.5 Å². The third-order valence-corrected chi connectivity index (χ3v) is 5.32. The summed E-state index contributed by atoms with van der Waals surface area (Å²) >= 11 is 0. The molecule has 0 saturated heterocycles. The second kappa shape index (κ2) is 9.16. The molecule has 29 heavy (non-hydrogen) atoms. The molecule has 2 aromatic rings. The number of hydrogen-bond donors (Lipinski definition) is 0. The van der Waals surface area contributed by atoms with E-state index in [2.05, 4.69) is 18.8 Å². The first-order valence-electron chi connectivity index (χ1n) is 10.3. The van der Waals surface area contributed by atoms with E-state index >= 15 is 0 Å². The minimum atomic E-state index is 0.0166. The van der Waals surface area contributed by atoms with E-state index < -0.39 is 0 Å². The fourth-order valence-electron chi connectivity index (χ4n) is 3.53. The molecule has 3 rings (SSSR count). The Kier molecular flexibility index (Phi) is 6.62. The Morgan fingerprint density at radius 1 is 1.17 bits per heavy atom. The quantitative estimate of drug-likeness (QED) is 0.723. The van der Waals surface area contributed by atoms with Crippen molar-refractivity contribution in [2.45, 2.75) is 53.0 Å². The Hall–Kier alpha value is -2.76. The number of anilines is 1. The molecule has 1 aliphatic rings. The van der Waals surface area contributed by atoms with E-state index in [0.717, 1.165) is 29.1 Å². The summed E-state index contributed by atoms with van der Waals surface area (Å²) in [6.07, 6.45) is 2.46. The van der Waals surface area contributed by atoms with Crippen LogP contribution >= 0.6 is 0 Å². The van der Waals surface area contributed by atoms with E-state index in [1.54, 1.807) is 11.9 Å². The number of aryl methyl sites for hydroxylation is 1. The lowest BCUT2D eigenvalue weighted by Gasteiger charge is -2.30. The highest BCUT2D eigenvalue weighted by molar-refractivity contribution is 5.95. The van der Waals surface area contributed by atoms with E-state index in [0.29, 0.717) is 44.1 Å². The molecule has 0 fully saturated rings. The van der Waals surface area contributed by atoms with E-state index in [4.69, 9.17) is 4.98 Å². The molecule has 0 atom stereocenters. The summed E-state index contributed by atoms with van der Waals surface area (Å²) in [5.74, 6) is 1.96. The standard InChI is InChI=1S/C23H30N4O2/c1-16(2)12-13-27-21(28)11-10-19-17(3)24-20(25-23(19)27)15-26(4)22(29)14-18-8-6-5-7-9-18/h5-9,16H,10-15H2,1-4H3. The Balaban J connectivity index is 1.77. The van der Waals surface area contributed by atoms with E-state index in [1.807, 2.05) is 42.2 Å². The van der Waals surface area contributed by atoms with Crippen LogP contribution in [0.4, 0.5) is 5.82 Å². The van der Waals surface area contributed by atoms with Gasteiger partial charge in [0.15, 0.2) is 0 Å². The molecule has 0 N–H and O–H groups in total. The van der Waals surface area contributed by atoms with Crippen molar-refractivity contribution in [2.24, 2.45) is 5.92 Å². The van der Waals surface area contributed by atoms with Crippen molar-refractivity contribution in [1.29, 1.82) is 0 Å². The van der Waals surface area contributed by atoms with Crippen molar-refractivity contribution in [3.8, 4) is 0 Å². The maximum Gasteiger partial charge on any atom is 0.228 e. The van der Waals surface area contributed by atoms with Gasteiger partial charge >= 0.3 is 0 Å². The number of fused-ring (bicyclic) bond motifs is 1. The van der Waals surface area contributed by atoms with Crippen LogP contribution in [0.5, 0.6) is 0 Å². The van der Waals surface area contributed by atoms with E-state index in [-0.39, 0.29) is 11.8 Å². The number of hydrogen-bond acceptors (Lipinski definition) is 4. The normalized spacial score (nSPS) is 13.6. The topological polar surface area (TPSA) is 66.4 Å². The molecule has 154 valence electrons. The smallest absolute Gasteiger partial charge is 0.228 e. The maximum atomic E-state index is 12.6. The predicted molar refractivity (Wildman–Crippen MR) is 114 cm³/mol. The minimum Gasteiger partial charge on any atom is -0.338 e. The summed E-state index contributed by atoms with van der Waals surface area (Å²) in [7, 11) is 1.77. The van der Waals surface area contributed by atoms with Crippen molar-refractivity contribution < 1.29 is 9.59 Å². The molecule has 1 aromatic carbocycles. The monoisotopic (exact) mass is 394 g/mol. The number of nitrogens with zero attached hydrogens (tertiary/aromatic N) is 4. The van der Waals surface area contributed by atoms with Crippen LogP contribution in [0.15, 0.2) is 30.3 Å². The van der Waals surface area contributed by atoms with Crippen LogP contribution in [-0.2, 0) is 29.0 Å². The number of aromatic nitrogens is 2. The van der Waals surface area contributed by atoms with Crippen molar-refractivity contribution >= 4 is 17.6 Å². The molecule has 0 bridgehead atoms. The number of benzene rings is 1. The molecule has 0 spiro atoms. The second-order valence-corrected chi connectivity index (χ2v) is 8.17. The number of rotatable bonds is 7.